The van der Waals surface area contributed by atoms with Gasteiger partial charge in [-0.3, -0.25) is 4.57 Å². The summed E-state index contributed by atoms with van der Waals surface area (Å²) in [6, 6.07) is 0. The third kappa shape index (κ3) is 6.33. The molecule has 0 rings (SSSR count). The lowest BCUT2D eigenvalue weighted by atomic mass is 10.3. The van der Waals surface area contributed by atoms with Crippen molar-refractivity contribution < 1.29 is 9.46 Å². The van der Waals surface area contributed by atoms with E-state index in [-0.39, 0.29) is 0 Å². The van der Waals surface area contributed by atoms with E-state index in [2.05, 4.69) is 0 Å². The Morgan fingerprint density at radius 1 is 1.55 bits per heavy atom. The van der Waals surface area contributed by atoms with Gasteiger partial charge in [-0.1, -0.05) is 18.6 Å². The molecule has 66 valence electrons. The standard InChI is InChI=1S/C8H17O2P/c1-4-6-11(9,10)7-5-8(2)3/h5H,4,6-7H2,1-3H3,(H,9,10). The predicted octanol–water partition coefficient (Wildman–Crippen LogP) is 2.63. The van der Waals surface area contributed by atoms with Crippen molar-refractivity contribution in [2.24, 2.45) is 0 Å². The maximum atomic E-state index is 11.2. The normalized spacial score (nSPS) is 15.6. The van der Waals surface area contributed by atoms with Crippen LogP contribution in [0.3, 0.4) is 0 Å². The molecular weight excluding hydrogens is 159 g/mol. The summed E-state index contributed by atoms with van der Waals surface area (Å²) in [5.74, 6) is 0. The molecule has 2 nitrogen and oxygen atoms in total. The maximum Gasteiger partial charge on any atom is 0.204 e. The fourth-order valence-corrected chi connectivity index (χ4v) is 2.30. The van der Waals surface area contributed by atoms with Crippen LogP contribution >= 0.6 is 7.37 Å². The van der Waals surface area contributed by atoms with E-state index in [0.29, 0.717) is 12.3 Å². The summed E-state index contributed by atoms with van der Waals surface area (Å²) in [5.41, 5.74) is 1.11. The van der Waals surface area contributed by atoms with Crippen molar-refractivity contribution in [3.8, 4) is 0 Å². The fraction of sp³-hybridized carbons (Fsp3) is 0.750. The molecule has 0 fully saturated rings. The molecule has 1 N–H and O–H groups in total. The van der Waals surface area contributed by atoms with Crippen LogP contribution in [0.1, 0.15) is 27.2 Å². The highest BCUT2D eigenvalue weighted by Crippen LogP contribution is 2.40. The first-order valence-electron chi connectivity index (χ1n) is 3.92. The van der Waals surface area contributed by atoms with Crippen molar-refractivity contribution in [1.82, 2.24) is 0 Å². The molecule has 0 aromatic heterocycles. The van der Waals surface area contributed by atoms with Crippen molar-refractivity contribution in [3.63, 3.8) is 0 Å². The van der Waals surface area contributed by atoms with Gasteiger partial charge in [0.25, 0.3) is 0 Å². The smallest absolute Gasteiger partial charge is 0.204 e. The Labute approximate surface area is 68.8 Å². The minimum absolute atomic E-state index is 0.336. The number of allylic oxidation sites excluding steroid dienone is 2. The molecule has 0 bridgehead atoms. The quantitative estimate of drug-likeness (QED) is 0.528. The molecule has 0 saturated carbocycles. The molecule has 0 saturated heterocycles. The molecule has 0 aromatic carbocycles. The molecule has 0 aliphatic rings. The summed E-state index contributed by atoms with van der Waals surface area (Å²) in [6.07, 6.45) is 3.39. The van der Waals surface area contributed by atoms with Crippen molar-refractivity contribution in [2.75, 3.05) is 12.3 Å². The van der Waals surface area contributed by atoms with Crippen LogP contribution in [0.4, 0.5) is 0 Å². The van der Waals surface area contributed by atoms with Crippen molar-refractivity contribution in [2.45, 2.75) is 27.2 Å². The van der Waals surface area contributed by atoms with Crippen LogP contribution in [0, 0.1) is 0 Å². The van der Waals surface area contributed by atoms with Crippen LogP contribution in [0.5, 0.6) is 0 Å². The van der Waals surface area contributed by atoms with Crippen molar-refractivity contribution in [3.05, 3.63) is 11.6 Å². The van der Waals surface area contributed by atoms with Gasteiger partial charge in [-0.15, -0.1) is 0 Å². The van der Waals surface area contributed by atoms with Gasteiger partial charge in [-0.2, -0.15) is 0 Å². The summed E-state index contributed by atoms with van der Waals surface area (Å²) in [7, 11) is -2.82. The van der Waals surface area contributed by atoms with Gasteiger partial charge in [-0.05, 0) is 20.3 Å². The minimum Gasteiger partial charge on any atom is -0.344 e. The molecule has 11 heavy (non-hydrogen) atoms. The zero-order valence-corrected chi connectivity index (χ0v) is 8.40. The molecule has 0 spiro atoms. The summed E-state index contributed by atoms with van der Waals surface area (Å²) >= 11 is 0. The maximum absolute atomic E-state index is 11.2. The molecule has 0 aliphatic carbocycles. The van der Waals surface area contributed by atoms with E-state index in [0.717, 1.165) is 12.0 Å². The fourth-order valence-electron chi connectivity index (χ4n) is 0.766. The highest BCUT2D eigenvalue weighted by Gasteiger charge is 2.13. The molecule has 1 unspecified atom stereocenters. The Bertz CT molecular complexity index is 181. The molecular formula is C8H17O2P. The first-order valence-corrected chi connectivity index (χ1v) is 5.95. The number of rotatable bonds is 4. The van der Waals surface area contributed by atoms with Crippen molar-refractivity contribution in [1.29, 1.82) is 0 Å². The summed E-state index contributed by atoms with van der Waals surface area (Å²) < 4.78 is 11.2. The van der Waals surface area contributed by atoms with E-state index in [4.69, 9.17) is 0 Å². The van der Waals surface area contributed by atoms with Gasteiger partial charge in [0.05, 0.1) is 0 Å². The van der Waals surface area contributed by atoms with Gasteiger partial charge in [0.2, 0.25) is 7.37 Å². The Hall–Kier alpha value is -0.0700. The Kier molecular flexibility index (Phi) is 4.71. The zero-order chi connectivity index (χ0) is 8.91. The summed E-state index contributed by atoms with van der Waals surface area (Å²) in [4.78, 5) is 9.27. The summed E-state index contributed by atoms with van der Waals surface area (Å²) in [6.45, 7) is 5.79. The summed E-state index contributed by atoms with van der Waals surface area (Å²) in [5, 5.41) is 0. The monoisotopic (exact) mass is 176 g/mol. The van der Waals surface area contributed by atoms with Gasteiger partial charge >= 0.3 is 0 Å². The van der Waals surface area contributed by atoms with Gasteiger partial charge in [-0.25, -0.2) is 0 Å². The lowest BCUT2D eigenvalue weighted by Crippen LogP contribution is -1.90. The minimum atomic E-state index is -2.82. The Balaban J connectivity index is 3.93. The largest absolute Gasteiger partial charge is 0.344 e. The molecule has 0 aliphatic heterocycles. The average molecular weight is 176 g/mol. The molecule has 0 radical (unpaired) electrons. The zero-order valence-electron chi connectivity index (χ0n) is 7.50. The first kappa shape index (κ1) is 10.9. The van der Waals surface area contributed by atoms with Gasteiger partial charge in [0.1, 0.15) is 0 Å². The lowest BCUT2D eigenvalue weighted by molar-refractivity contribution is 0.480. The number of hydrogen-bond acceptors (Lipinski definition) is 1. The molecule has 0 aromatic rings. The lowest BCUT2D eigenvalue weighted by Gasteiger charge is -2.06. The van der Waals surface area contributed by atoms with E-state index >= 15 is 0 Å². The van der Waals surface area contributed by atoms with Crippen LogP contribution in [0.25, 0.3) is 0 Å². The van der Waals surface area contributed by atoms with E-state index in [1.54, 1.807) is 0 Å². The second-order valence-electron chi connectivity index (χ2n) is 3.03. The van der Waals surface area contributed by atoms with Crippen LogP contribution in [-0.4, -0.2) is 17.2 Å². The molecule has 0 amide bonds. The van der Waals surface area contributed by atoms with Crippen LogP contribution < -0.4 is 0 Å². The van der Waals surface area contributed by atoms with Gasteiger partial charge in [0, 0.05) is 12.3 Å². The third-order valence-electron chi connectivity index (χ3n) is 1.36. The Morgan fingerprint density at radius 3 is 2.45 bits per heavy atom. The SMILES string of the molecule is CCCP(=O)(O)CC=C(C)C. The highest BCUT2D eigenvalue weighted by atomic mass is 31.2. The molecule has 0 heterocycles. The molecule has 3 heteroatoms. The van der Waals surface area contributed by atoms with Crippen LogP contribution in [0.15, 0.2) is 11.6 Å². The predicted molar refractivity (Wildman–Crippen MR) is 49.3 cm³/mol. The number of hydrogen-bond donors (Lipinski definition) is 1. The van der Waals surface area contributed by atoms with Gasteiger partial charge < -0.3 is 4.89 Å². The average Bonchev–Trinajstić information content (AvgIpc) is 1.84. The van der Waals surface area contributed by atoms with E-state index in [1.165, 1.54) is 0 Å². The Morgan fingerprint density at radius 2 is 2.09 bits per heavy atom. The van der Waals surface area contributed by atoms with Crippen molar-refractivity contribution >= 4 is 7.37 Å². The topological polar surface area (TPSA) is 37.3 Å². The van der Waals surface area contributed by atoms with Gasteiger partial charge in [0.15, 0.2) is 0 Å². The van der Waals surface area contributed by atoms with Crippen LogP contribution in [-0.2, 0) is 4.57 Å². The second kappa shape index (κ2) is 4.74. The third-order valence-corrected chi connectivity index (χ3v) is 3.26. The highest BCUT2D eigenvalue weighted by molar-refractivity contribution is 7.58. The molecule has 1 atom stereocenters. The van der Waals surface area contributed by atoms with Crippen LogP contribution in [0.2, 0.25) is 0 Å². The second-order valence-corrected chi connectivity index (χ2v) is 5.54. The first-order chi connectivity index (χ1) is 4.98. The van der Waals surface area contributed by atoms with E-state index < -0.39 is 7.37 Å². The van der Waals surface area contributed by atoms with E-state index in [9.17, 15) is 9.46 Å². The van der Waals surface area contributed by atoms with E-state index in [1.807, 2.05) is 26.8 Å².